The molecular weight excluding hydrogens is 193 g/mol. The smallest absolute Gasteiger partial charge is 0.192 e. The van der Waals surface area contributed by atoms with Crippen LogP contribution in [0.5, 0.6) is 0 Å². The average Bonchev–Trinajstić information content (AvgIpc) is 1.92. The molecule has 0 bridgehead atoms. The van der Waals surface area contributed by atoms with Crippen LogP contribution in [0.1, 0.15) is 16.7 Å². The molecule has 0 radical (unpaired) electrons. The van der Waals surface area contributed by atoms with E-state index in [1.165, 1.54) is 0 Å². The Labute approximate surface area is 82.5 Å². The molecule has 1 rings (SSSR count). The lowest BCUT2D eigenvalue weighted by molar-refractivity contribution is 0.900. The summed E-state index contributed by atoms with van der Waals surface area (Å²) in [7, 11) is 0. The maximum atomic E-state index is 5.78. The Bertz CT molecular complexity index is 289. The van der Waals surface area contributed by atoms with Crippen LogP contribution in [-0.4, -0.2) is 0 Å². The second-order valence-corrected chi connectivity index (χ2v) is 4.26. The molecular formula is C9H11Cl2N. The predicted octanol–water partition coefficient (Wildman–Crippen LogP) is 2.85. The van der Waals surface area contributed by atoms with Gasteiger partial charge in [-0.25, -0.2) is 0 Å². The molecule has 0 aromatic heterocycles. The first-order valence-electron chi connectivity index (χ1n) is 3.66. The van der Waals surface area contributed by atoms with Crippen molar-refractivity contribution >= 4 is 23.2 Å². The van der Waals surface area contributed by atoms with Crippen molar-refractivity contribution in [2.24, 2.45) is 5.73 Å². The van der Waals surface area contributed by atoms with Gasteiger partial charge in [-0.1, -0.05) is 41.4 Å². The number of hydrogen-bond donors (Lipinski definition) is 1. The van der Waals surface area contributed by atoms with E-state index in [-0.39, 0.29) is 0 Å². The van der Waals surface area contributed by atoms with E-state index in [4.69, 9.17) is 28.9 Å². The molecule has 0 aliphatic carbocycles. The fraction of sp³-hybridized carbons (Fsp3) is 0.333. The van der Waals surface area contributed by atoms with Gasteiger partial charge in [0.15, 0.2) is 4.46 Å². The van der Waals surface area contributed by atoms with E-state index in [1.807, 2.05) is 32.0 Å². The highest BCUT2D eigenvalue weighted by Crippen LogP contribution is 2.30. The summed E-state index contributed by atoms with van der Waals surface area (Å²) in [4.78, 5) is 0. The van der Waals surface area contributed by atoms with Crippen LogP contribution in [-0.2, 0) is 4.46 Å². The Morgan fingerprint density at radius 1 is 1.25 bits per heavy atom. The van der Waals surface area contributed by atoms with Crippen molar-refractivity contribution in [3.63, 3.8) is 0 Å². The summed E-state index contributed by atoms with van der Waals surface area (Å²) in [5, 5.41) is 0. The largest absolute Gasteiger partial charge is 0.296 e. The van der Waals surface area contributed by atoms with Crippen LogP contribution < -0.4 is 5.73 Å². The standard InChI is InChI=1S/C9H11Cl2N/c1-6-4-3-5-8(7(6)2)9(10,11)12/h3-5H,12H2,1-2H3. The molecule has 0 aliphatic rings. The number of alkyl halides is 2. The normalized spacial score (nSPS) is 11.8. The minimum atomic E-state index is -1.28. The van der Waals surface area contributed by atoms with Gasteiger partial charge in [0.05, 0.1) is 0 Å². The van der Waals surface area contributed by atoms with Crippen LogP contribution in [0.15, 0.2) is 18.2 Å². The van der Waals surface area contributed by atoms with Gasteiger partial charge in [-0.3, -0.25) is 5.73 Å². The van der Waals surface area contributed by atoms with Crippen LogP contribution in [0.3, 0.4) is 0 Å². The van der Waals surface area contributed by atoms with E-state index in [0.717, 1.165) is 16.7 Å². The van der Waals surface area contributed by atoms with Gasteiger partial charge in [-0.05, 0) is 25.0 Å². The van der Waals surface area contributed by atoms with E-state index in [0.29, 0.717) is 0 Å². The highest BCUT2D eigenvalue weighted by Gasteiger charge is 2.22. The Hall–Kier alpha value is -0.240. The zero-order valence-electron chi connectivity index (χ0n) is 7.07. The quantitative estimate of drug-likeness (QED) is 0.552. The number of nitrogens with two attached hydrogens (primary N) is 1. The van der Waals surface area contributed by atoms with Crippen LogP contribution in [0.4, 0.5) is 0 Å². The molecule has 0 aliphatic heterocycles. The molecule has 0 saturated heterocycles. The summed E-state index contributed by atoms with van der Waals surface area (Å²) in [5.41, 5.74) is 8.52. The SMILES string of the molecule is Cc1cccc(C(N)(Cl)Cl)c1C. The molecule has 66 valence electrons. The zero-order valence-corrected chi connectivity index (χ0v) is 8.58. The van der Waals surface area contributed by atoms with Gasteiger partial charge in [0.25, 0.3) is 0 Å². The number of halogens is 2. The van der Waals surface area contributed by atoms with Gasteiger partial charge >= 0.3 is 0 Å². The zero-order chi connectivity index (χ0) is 9.35. The summed E-state index contributed by atoms with van der Waals surface area (Å²) >= 11 is 11.6. The molecule has 1 aromatic carbocycles. The van der Waals surface area contributed by atoms with Crippen molar-refractivity contribution in [3.8, 4) is 0 Å². The summed E-state index contributed by atoms with van der Waals surface area (Å²) in [6.45, 7) is 3.95. The van der Waals surface area contributed by atoms with Crippen LogP contribution in [0.2, 0.25) is 0 Å². The summed E-state index contributed by atoms with van der Waals surface area (Å²) in [5.74, 6) is 0. The van der Waals surface area contributed by atoms with Crippen molar-refractivity contribution in [3.05, 3.63) is 34.9 Å². The third-order valence-electron chi connectivity index (χ3n) is 1.96. The Morgan fingerprint density at radius 2 is 1.83 bits per heavy atom. The second kappa shape index (κ2) is 3.25. The molecule has 12 heavy (non-hydrogen) atoms. The fourth-order valence-corrected chi connectivity index (χ4v) is 1.52. The molecule has 0 heterocycles. The maximum absolute atomic E-state index is 5.78. The van der Waals surface area contributed by atoms with Crippen molar-refractivity contribution in [2.75, 3.05) is 0 Å². The molecule has 0 unspecified atom stereocenters. The topological polar surface area (TPSA) is 26.0 Å². The third kappa shape index (κ3) is 1.92. The predicted molar refractivity (Wildman–Crippen MR) is 53.5 cm³/mol. The van der Waals surface area contributed by atoms with Gasteiger partial charge in [0.1, 0.15) is 0 Å². The second-order valence-electron chi connectivity index (χ2n) is 2.87. The van der Waals surface area contributed by atoms with Gasteiger partial charge in [0.2, 0.25) is 0 Å². The van der Waals surface area contributed by atoms with E-state index >= 15 is 0 Å². The monoisotopic (exact) mass is 203 g/mol. The van der Waals surface area contributed by atoms with Crippen molar-refractivity contribution < 1.29 is 0 Å². The minimum absolute atomic E-state index is 0.769. The van der Waals surface area contributed by atoms with Crippen molar-refractivity contribution in [1.29, 1.82) is 0 Å². The van der Waals surface area contributed by atoms with Crippen LogP contribution in [0.25, 0.3) is 0 Å². The van der Waals surface area contributed by atoms with Crippen LogP contribution >= 0.6 is 23.2 Å². The Kier molecular flexibility index (Phi) is 2.67. The van der Waals surface area contributed by atoms with Crippen molar-refractivity contribution in [1.82, 2.24) is 0 Å². The van der Waals surface area contributed by atoms with E-state index in [1.54, 1.807) is 0 Å². The first-order valence-corrected chi connectivity index (χ1v) is 4.42. The van der Waals surface area contributed by atoms with Crippen LogP contribution in [0, 0.1) is 13.8 Å². The number of benzene rings is 1. The Balaban J connectivity index is 3.26. The molecule has 3 heteroatoms. The number of hydrogen-bond acceptors (Lipinski definition) is 1. The average molecular weight is 204 g/mol. The van der Waals surface area contributed by atoms with Gasteiger partial charge < -0.3 is 0 Å². The molecule has 0 atom stereocenters. The molecule has 1 nitrogen and oxygen atoms in total. The van der Waals surface area contributed by atoms with E-state index in [9.17, 15) is 0 Å². The lowest BCUT2D eigenvalue weighted by Crippen LogP contribution is -2.23. The van der Waals surface area contributed by atoms with Gasteiger partial charge in [0, 0.05) is 5.56 Å². The minimum Gasteiger partial charge on any atom is -0.296 e. The molecule has 0 fully saturated rings. The number of aryl methyl sites for hydroxylation is 1. The summed E-state index contributed by atoms with van der Waals surface area (Å²) in [6.07, 6.45) is 0. The fourth-order valence-electron chi connectivity index (χ4n) is 1.11. The lowest BCUT2D eigenvalue weighted by atomic mass is 10.0. The molecule has 0 amide bonds. The van der Waals surface area contributed by atoms with Gasteiger partial charge in [-0.15, -0.1) is 0 Å². The van der Waals surface area contributed by atoms with E-state index < -0.39 is 4.46 Å². The molecule has 2 N–H and O–H groups in total. The van der Waals surface area contributed by atoms with E-state index in [2.05, 4.69) is 0 Å². The van der Waals surface area contributed by atoms with Gasteiger partial charge in [-0.2, -0.15) is 0 Å². The summed E-state index contributed by atoms with van der Waals surface area (Å²) < 4.78 is -1.28. The first kappa shape index (κ1) is 9.85. The highest BCUT2D eigenvalue weighted by molar-refractivity contribution is 6.47. The molecule has 0 spiro atoms. The first-order chi connectivity index (χ1) is 5.43. The molecule has 0 saturated carbocycles. The Morgan fingerprint density at radius 3 is 2.25 bits per heavy atom. The van der Waals surface area contributed by atoms with Crippen molar-refractivity contribution in [2.45, 2.75) is 18.3 Å². The third-order valence-corrected chi connectivity index (χ3v) is 2.37. The number of rotatable bonds is 1. The lowest BCUT2D eigenvalue weighted by Gasteiger charge is -2.17. The summed E-state index contributed by atoms with van der Waals surface area (Å²) in [6, 6.07) is 5.73. The highest BCUT2D eigenvalue weighted by atomic mass is 35.5. The molecule has 1 aromatic rings. The maximum Gasteiger partial charge on any atom is 0.192 e.